The zero-order valence-corrected chi connectivity index (χ0v) is 11.8. The van der Waals surface area contributed by atoms with E-state index >= 15 is 0 Å². The second-order valence-electron chi connectivity index (χ2n) is 4.74. The number of nitrogens with zero attached hydrogens (tertiary/aromatic N) is 1. The Hall–Kier alpha value is -1.30. The van der Waals surface area contributed by atoms with Gasteiger partial charge in [-0.05, 0) is 42.8 Å². The second-order valence-corrected chi connectivity index (χ2v) is 5.66. The highest BCUT2D eigenvalue weighted by Gasteiger charge is 2.13. The highest BCUT2D eigenvalue weighted by Crippen LogP contribution is 2.19. The van der Waals surface area contributed by atoms with Crippen LogP contribution in [-0.2, 0) is 4.79 Å². The number of carbonyl (C=O) groups excluding carboxylic acids is 1. The van der Waals surface area contributed by atoms with E-state index in [1.165, 1.54) is 0 Å². The van der Waals surface area contributed by atoms with Crippen LogP contribution >= 0.6 is 15.9 Å². The third-order valence-electron chi connectivity index (χ3n) is 1.81. The molecule has 1 heterocycles. The molecule has 4 N–H and O–H groups in total. The van der Waals surface area contributed by atoms with Crippen LogP contribution in [0.5, 0.6) is 0 Å². The van der Waals surface area contributed by atoms with Gasteiger partial charge in [0.25, 0.3) is 0 Å². The van der Waals surface area contributed by atoms with Gasteiger partial charge in [0.1, 0.15) is 5.82 Å². The van der Waals surface area contributed by atoms with Gasteiger partial charge in [-0.25, -0.2) is 4.98 Å². The Morgan fingerprint density at radius 2 is 2.18 bits per heavy atom. The molecule has 0 bridgehead atoms. The quantitative estimate of drug-likeness (QED) is 0.794. The first-order chi connectivity index (χ1) is 7.78. The van der Waals surface area contributed by atoms with Crippen molar-refractivity contribution in [1.29, 1.82) is 0 Å². The van der Waals surface area contributed by atoms with Crippen LogP contribution in [-0.4, -0.2) is 23.0 Å². The molecule has 6 heteroatoms. The van der Waals surface area contributed by atoms with Crippen LogP contribution in [0.3, 0.4) is 0 Å². The van der Waals surface area contributed by atoms with Gasteiger partial charge in [-0.3, -0.25) is 4.79 Å². The largest absolute Gasteiger partial charge is 0.396 e. The molecule has 0 fully saturated rings. The predicted molar refractivity (Wildman–Crippen MR) is 72.7 cm³/mol. The maximum atomic E-state index is 11.6. The van der Waals surface area contributed by atoms with E-state index in [9.17, 15) is 4.79 Å². The van der Waals surface area contributed by atoms with E-state index in [2.05, 4.69) is 31.5 Å². The number of rotatable bonds is 3. The number of anilines is 2. The Labute approximate surface area is 109 Å². The van der Waals surface area contributed by atoms with Crippen LogP contribution in [0.2, 0.25) is 0 Å². The highest BCUT2D eigenvalue weighted by molar-refractivity contribution is 9.10. The lowest BCUT2D eigenvalue weighted by atomic mass is 10.1. The van der Waals surface area contributed by atoms with E-state index < -0.39 is 0 Å². The van der Waals surface area contributed by atoms with Crippen molar-refractivity contribution in [3.8, 4) is 0 Å². The van der Waals surface area contributed by atoms with E-state index in [4.69, 9.17) is 5.73 Å². The van der Waals surface area contributed by atoms with Crippen molar-refractivity contribution in [1.82, 2.24) is 10.3 Å². The third-order valence-corrected chi connectivity index (χ3v) is 2.25. The molecule has 0 aliphatic heterocycles. The Morgan fingerprint density at radius 1 is 1.53 bits per heavy atom. The molecule has 1 rings (SSSR count). The molecular formula is C11H17BrN4O. The second kappa shape index (κ2) is 5.35. The van der Waals surface area contributed by atoms with E-state index in [1.54, 1.807) is 12.3 Å². The van der Waals surface area contributed by atoms with Crippen LogP contribution in [0.4, 0.5) is 11.5 Å². The molecule has 0 spiro atoms. The molecule has 0 radical (unpaired) electrons. The van der Waals surface area contributed by atoms with Crippen molar-refractivity contribution in [2.75, 3.05) is 17.6 Å². The molecule has 1 aromatic rings. The van der Waals surface area contributed by atoms with Crippen LogP contribution < -0.4 is 16.4 Å². The molecule has 5 nitrogen and oxygen atoms in total. The summed E-state index contributed by atoms with van der Waals surface area (Å²) in [6.07, 6.45) is 1.63. The lowest BCUT2D eigenvalue weighted by Gasteiger charge is -2.20. The summed E-state index contributed by atoms with van der Waals surface area (Å²) in [5, 5.41) is 5.73. The van der Waals surface area contributed by atoms with Gasteiger partial charge in [-0.15, -0.1) is 0 Å². The zero-order chi connectivity index (χ0) is 13.1. The van der Waals surface area contributed by atoms with Gasteiger partial charge >= 0.3 is 0 Å². The van der Waals surface area contributed by atoms with Gasteiger partial charge in [0.15, 0.2) is 0 Å². The molecule has 0 aliphatic carbocycles. The Balaban J connectivity index is 2.53. The average molecular weight is 301 g/mol. The number of nitrogen functional groups attached to an aromatic ring is 1. The maximum absolute atomic E-state index is 11.6. The van der Waals surface area contributed by atoms with E-state index in [0.717, 1.165) is 4.47 Å². The van der Waals surface area contributed by atoms with Crippen LogP contribution in [0.15, 0.2) is 16.7 Å². The van der Waals surface area contributed by atoms with Gasteiger partial charge in [-0.1, -0.05) is 0 Å². The van der Waals surface area contributed by atoms with E-state index in [0.29, 0.717) is 11.5 Å². The number of aromatic nitrogens is 1. The predicted octanol–water partition coefficient (Wildman–Crippen LogP) is 1.75. The molecule has 0 aromatic carbocycles. The summed E-state index contributed by atoms with van der Waals surface area (Å²) < 4.78 is 0.805. The lowest BCUT2D eigenvalue weighted by Crippen LogP contribution is -2.43. The van der Waals surface area contributed by atoms with Gasteiger partial charge < -0.3 is 16.4 Å². The van der Waals surface area contributed by atoms with Crippen molar-refractivity contribution >= 4 is 33.3 Å². The molecule has 1 amide bonds. The van der Waals surface area contributed by atoms with Crippen molar-refractivity contribution < 1.29 is 4.79 Å². The maximum Gasteiger partial charge on any atom is 0.239 e. The monoisotopic (exact) mass is 300 g/mol. The number of halogens is 1. The Kier molecular flexibility index (Phi) is 4.34. The first-order valence-electron chi connectivity index (χ1n) is 5.24. The normalized spacial score (nSPS) is 11.1. The van der Waals surface area contributed by atoms with Crippen molar-refractivity contribution in [3.63, 3.8) is 0 Å². The summed E-state index contributed by atoms with van der Waals surface area (Å²) in [4.78, 5) is 15.6. The Bertz CT molecular complexity index is 414. The van der Waals surface area contributed by atoms with E-state index in [1.807, 2.05) is 20.8 Å². The number of nitrogens with two attached hydrogens (primary N) is 1. The number of nitrogens with one attached hydrogen (secondary N) is 2. The van der Waals surface area contributed by atoms with Crippen LogP contribution in [0.25, 0.3) is 0 Å². The first-order valence-corrected chi connectivity index (χ1v) is 6.03. The number of pyridine rings is 1. The molecule has 1 aromatic heterocycles. The van der Waals surface area contributed by atoms with Gasteiger partial charge in [0, 0.05) is 16.2 Å². The van der Waals surface area contributed by atoms with Gasteiger partial charge in [-0.2, -0.15) is 0 Å². The van der Waals surface area contributed by atoms with Crippen LogP contribution in [0.1, 0.15) is 20.8 Å². The highest BCUT2D eigenvalue weighted by atomic mass is 79.9. The summed E-state index contributed by atoms with van der Waals surface area (Å²) >= 11 is 3.27. The first kappa shape index (κ1) is 13.8. The van der Waals surface area contributed by atoms with Gasteiger partial charge in [0.05, 0.1) is 12.2 Å². The summed E-state index contributed by atoms with van der Waals surface area (Å²) in [6, 6.07) is 1.73. The van der Waals surface area contributed by atoms with Crippen LogP contribution in [0, 0.1) is 0 Å². The minimum Gasteiger partial charge on any atom is -0.396 e. The number of hydrogen-bond donors (Lipinski definition) is 3. The molecular weight excluding hydrogens is 284 g/mol. The number of amides is 1. The summed E-state index contributed by atoms with van der Waals surface area (Å²) in [6.45, 7) is 5.93. The summed E-state index contributed by atoms with van der Waals surface area (Å²) in [7, 11) is 0. The number of carbonyl (C=O) groups is 1. The lowest BCUT2D eigenvalue weighted by molar-refractivity contribution is -0.120. The molecule has 0 saturated carbocycles. The zero-order valence-electron chi connectivity index (χ0n) is 10.2. The molecule has 94 valence electrons. The SMILES string of the molecule is CC(C)(C)NC(=O)CNc1ncc(Br)cc1N. The molecule has 0 atom stereocenters. The fraction of sp³-hybridized carbons (Fsp3) is 0.455. The molecule has 0 aliphatic rings. The molecule has 0 saturated heterocycles. The fourth-order valence-corrected chi connectivity index (χ4v) is 1.58. The number of hydrogen-bond acceptors (Lipinski definition) is 4. The third kappa shape index (κ3) is 5.04. The van der Waals surface area contributed by atoms with Gasteiger partial charge in [0.2, 0.25) is 5.91 Å². The average Bonchev–Trinajstić information content (AvgIpc) is 2.13. The molecule has 0 unspecified atom stereocenters. The smallest absolute Gasteiger partial charge is 0.239 e. The standard InChI is InChI=1S/C11H17BrN4O/c1-11(2,3)16-9(17)6-15-10-8(13)4-7(12)5-14-10/h4-5H,6,13H2,1-3H3,(H,14,15)(H,16,17). The fourth-order valence-electron chi connectivity index (χ4n) is 1.23. The van der Waals surface area contributed by atoms with Crippen molar-refractivity contribution in [2.24, 2.45) is 0 Å². The summed E-state index contributed by atoms with van der Waals surface area (Å²) in [5.74, 6) is 0.416. The van der Waals surface area contributed by atoms with Crippen molar-refractivity contribution in [3.05, 3.63) is 16.7 Å². The minimum atomic E-state index is -0.239. The van der Waals surface area contributed by atoms with E-state index in [-0.39, 0.29) is 18.0 Å². The summed E-state index contributed by atoms with van der Waals surface area (Å²) in [5.41, 5.74) is 6.01. The molecule has 17 heavy (non-hydrogen) atoms. The Morgan fingerprint density at radius 3 is 2.71 bits per heavy atom. The van der Waals surface area contributed by atoms with Crippen molar-refractivity contribution in [2.45, 2.75) is 26.3 Å². The minimum absolute atomic E-state index is 0.0957. The topological polar surface area (TPSA) is 80.0 Å².